The van der Waals surface area contributed by atoms with Crippen molar-refractivity contribution in [3.63, 3.8) is 0 Å². The summed E-state index contributed by atoms with van der Waals surface area (Å²) in [5, 5.41) is 3.71. The van der Waals surface area contributed by atoms with E-state index in [1.54, 1.807) is 14.2 Å². The predicted octanol–water partition coefficient (Wildman–Crippen LogP) is 2.68. The molecule has 128 valence electrons. The van der Waals surface area contributed by atoms with E-state index in [1.165, 1.54) is 16.7 Å². The molecule has 0 bridgehead atoms. The van der Waals surface area contributed by atoms with Gasteiger partial charge in [-0.3, -0.25) is 0 Å². The normalized spacial score (nSPS) is 19.6. The van der Waals surface area contributed by atoms with Gasteiger partial charge in [0.05, 0.1) is 14.2 Å². The van der Waals surface area contributed by atoms with E-state index >= 15 is 0 Å². The van der Waals surface area contributed by atoms with Gasteiger partial charge in [-0.1, -0.05) is 36.4 Å². The third-order valence-corrected chi connectivity index (χ3v) is 5.03. The van der Waals surface area contributed by atoms with Crippen LogP contribution in [0.5, 0.6) is 11.5 Å². The molecule has 1 atom stereocenters. The van der Waals surface area contributed by atoms with Crippen molar-refractivity contribution >= 4 is 0 Å². The fourth-order valence-corrected chi connectivity index (χ4v) is 3.57. The molecule has 2 aromatic rings. The molecule has 0 fully saturated rings. The van der Waals surface area contributed by atoms with Crippen LogP contribution in [0.4, 0.5) is 0 Å². The van der Waals surface area contributed by atoms with Crippen molar-refractivity contribution < 1.29 is 9.47 Å². The highest BCUT2D eigenvalue weighted by atomic mass is 16.5. The molecule has 2 aromatic carbocycles. The minimum absolute atomic E-state index is 0.0670. The first-order valence-corrected chi connectivity index (χ1v) is 8.43. The monoisotopic (exact) mass is 326 g/mol. The van der Waals surface area contributed by atoms with Gasteiger partial charge in [0.1, 0.15) is 0 Å². The summed E-state index contributed by atoms with van der Waals surface area (Å²) >= 11 is 0. The topological polar surface area (TPSA) is 56.5 Å². The molecule has 0 saturated carbocycles. The van der Waals surface area contributed by atoms with Gasteiger partial charge < -0.3 is 20.5 Å². The molecule has 0 amide bonds. The summed E-state index contributed by atoms with van der Waals surface area (Å²) in [5.41, 5.74) is 9.93. The zero-order valence-corrected chi connectivity index (χ0v) is 14.5. The maximum Gasteiger partial charge on any atom is 0.164 e. The molecule has 24 heavy (non-hydrogen) atoms. The lowest BCUT2D eigenvalue weighted by molar-refractivity contribution is 0.284. The van der Waals surface area contributed by atoms with Crippen LogP contribution in [-0.4, -0.2) is 26.3 Å². The molecular weight excluding hydrogens is 300 g/mol. The number of nitrogens with two attached hydrogens (primary N) is 1. The Kier molecular flexibility index (Phi) is 5.07. The van der Waals surface area contributed by atoms with Gasteiger partial charge in [-0.05, 0) is 36.5 Å². The SMILES string of the molecule is COc1ccc2c(c1OC)CCC(CN)(NCc1ccccc1)C2. The first-order valence-electron chi connectivity index (χ1n) is 8.43. The Hall–Kier alpha value is -2.04. The third-order valence-electron chi connectivity index (χ3n) is 5.03. The first-order chi connectivity index (χ1) is 11.7. The highest BCUT2D eigenvalue weighted by Gasteiger charge is 2.34. The highest BCUT2D eigenvalue weighted by molar-refractivity contribution is 5.52. The minimum atomic E-state index is -0.0670. The van der Waals surface area contributed by atoms with Gasteiger partial charge in [-0.15, -0.1) is 0 Å². The van der Waals surface area contributed by atoms with Gasteiger partial charge in [0, 0.05) is 24.2 Å². The maximum atomic E-state index is 6.17. The summed E-state index contributed by atoms with van der Waals surface area (Å²) < 4.78 is 11.0. The van der Waals surface area contributed by atoms with E-state index in [0.717, 1.165) is 37.3 Å². The highest BCUT2D eigenvalue weighted by Crippen LogP contribution is 2.39. The molecule has 3 N–H and O–H groups in total. The molecule has 3 rings (SSSR count). The van der Waals surface area contributed by atoms with Crippen molar-refractivity contribution in [1.29, 1.82) is 0 Å². The van der Waals surface area contributed by atoms with Crippen LogP contribution in [0.25, 0.3) is 0 Å². The Morgan fingerprint density at radius 3 is 2.54 bits per heavy atom. The Labute approximate surface area is 144 Å². The number of hydrogen-bond donors (Lipinski definition) is 2. The molecule has 4 nitrogen and oxygen atoms in total. The Morgan fingerprint density at radius 1 is 1.08 bits per heavy atom. The molecule has 1 unspecified atom stereocenters. The zero-order chi connectivity index (χ0) is 17.0. The Balaban J connectivity index is 1.81. The summed E-state index contributed by atoms with van der Waals surface area (Å²) in [4.78, 5) is 0. The van der Waals surface area contributed by atoms with Crippen LogP contribution in [0.1, 0.15) is 23.1 Å². The summed E-state index contributed by atoms with van der Waals surface area (Å²) in [6.45, 7) is 1.45. The fourth-order valence-electron chi connectivity index (χ4n) is 3.57. The maximum absolute atomic E-state index is 6.17. The van der Waals surface area contributed by atoms with Gasteiger partial charge in [-0.2, -0.15) is 0 Å². The van der Waals surface area contributed by atoms with Crippen molar-refractivity contribution in [2.24, 2.45) is 5.73 Å². The van der Waals surface area contributed by atoms with Gasteiger partial charge >= 0.3 is 0 Å². The van der Waals surface area contributed by atoms with Gasteiger partial charge in [-0.25, -0.2) is 0 Å². The van der Waals surface area contributed by atoms with Crippen molar-refractivity contribution in [3.8, 4) is 11.5 Å². The summed E-state index contributed by atoms with van der Waals surface area (Å²) in [6.07, 6.45) is 2.84. The molecule has 0 aliphatic heterocycles. The van der Waals surface area contributed by atoms with Crippen LogP contribution in [0.3, 0.4) is 0 Å². The molecule has 0 heterocycles. The van der Waals surface area contributed by atoms with E-state index in [9.17, 15) is 0 Å². The van der Waals surface area contributed by atoms with Crippen LogP contribution < -0.4 is 20.5 Å². The van der Waals surface area contributed by atoms with E-state index in [2.05, 4.69) is 35.6 Å². The minimum Gasteiger partial charge on any atom is -0.493 e. The molecule has 0 saturated heterocycles. The number of rotatable bonds is 6. The third kappa shape index (κ3) is 3.25. The zero-order valence-electron chi connectivity index (χ0n) is 14.5. The molecule has 4 heteroatoms. The molecule has 1 aliphatic carbocycles. The molecule has 0 aromatic heterocycles. The lowest BCUT2D eigenvalue weighted by atomic mass is 9.77. The quantitative estimate of drug-likeness (QED) is 0.857. The number of benzene rings is 2. The largest absolute Gasteiger partial charge is 0.493 e. The first kappa shape index (κ1) is 16.8. The standard InChI is InChI=1S/C20H26N2O2/c1-23-18-9-8-16-12-20(14-21,11-10-17(16)19(18)24-2)22-13-15-6-4-3-5-7-15/h3-9,22H,10-14,21H2,1-2H3. The van der Waals surface area contributed by atoms with Crippen molar-refractivity contribution in [2.45, 2.75) is 31.3 Å². The van der Waals surface area contributed by atoms with Crippen LogP contribution in [0, 0.1) is 0 Å². The summed E-state index contributed by atoms with van der Waals surface area (Å²) in [7, 11) is 3.38. The van der Waals surface area contributed by atoms with Crippen molar-refractivity contribution in [3.05, 3.63) is 59.2 Å². The molecule has 0 spiro atoms. The van der Waals surface area contributed by atoms with E-state index in [4.69, 9.17) is 15.2 Å². The molecule has 0 radical (unpaired) electrons. The second-order valence-corrected chi connectivity index (χ2v) is 6.44. The van der Waals surface area contributed by atoms with Crippen LogP contribution >= 0.6 is 0 Å². The van der Waals surface area contributed by atoms with Crippen LogP contribution in [0.2, 0.25) is 0 Å². The van der Waals surface area contributed by atoms with Gasteiger partial charge in [0.15, 0.2) is 11.5 Å². The fraction of sp³-hybridized carbons (Fsp3) is 0.400. The molecular formula is C20H26N2O2. The van der Waals surface area contributed by atoms with Gasteiger partial charge in [0.25, 0.3) is 0 Å². The second-order valence-electron chi connectivity index (χ2n) is 6.44. The number of ether oxygens (including phenoxy) is 2. The smallest absolute Gasteiger partial charge is 0.164 e. The van der Waals surface area contributed by atoms with E-state index < -0.39 is 0 Å². The summed E-state index contributed by atoms with van der Waals surface area (Å²) in [6, 6.07) is 14.6. The number of fused-ring (bicyclic) bond motifs is 1. The number of methoxy groups -OCH3 is 2. The lowest BCUT2D eigenvalue weighted by Crippen LogP contribution is -2.54. The molecule has 1 aliphatic rings. The van der Waals surface area contributed by atoms with Gasteiger partial charge in [0.2, 0.25) is 0 Å². The van der Waals surface area contributed by atoms with Crippen molar-refractivity contribution in [2.75, 3.05) is 20.8 Å². The average molecular weight is 326 g/mol. The lowest BCUT2D eigenvalue weighted by Gasteiger charge is -2.39. The summed E-state index contributed by atoms with van der Waals surface area (Å²) in [5.74, 6) is 1.66. The van der Waals surface area contributed by atoms with E-state index in [0.29, 0.717) is 6.54 Å². The van der Waals surface area contributed by atoms with E-state index in [-0.39, 0.29) is 5.54 Å². The number of nitrogens with one attached hydrogen (secondary N) is 1. The Morgan fingerprint density at radius 2 is 1.88 bits per heavy atom. The van der Waals surface area contributed by atoms with Crippen molar-refractivity contribution in [1.82, 2.24) is 5.32 Å². The Bertz CT molecular complexity index is 688. The second kappa shape index (κ2) is 7.24. The number of hydrogen-bond acceptors (Lipinski definition) is 4. The average Bonchev–Trinajstić information content (AvgIpc) is 2.66. The van der Waals surface area contributed by atoms with Crippen LogP contribution in [0.15, 0.2) is 42.5 Å². The predicted molar refractivity (Wildman–Crippen MR) is 96.6 cm³/mol. The van der Waals surface area contributed by atoms with E-state index in [1.807, 2.05) is 12.1 Å². The van der Waals surface area contributed by atoms with Crippen LogP contribution in [-0.2, 0) is 19.4 Å².